The molecule has 2 nitrogen and oxygen atoms in total. The summed E-state index contributed by atoms with van der Waals surface area (Å²) in [6.07, 6.45) is 0.431. The van der Waals surface area contributed by atoms with E-state index in [9.17, 15) is 13.6 Å². The monoisotopic (exact) mass is 337 g/mol. The van der Waals surface area contributed by atoms with Gasteiger partial charge in [0, 0.05) is 12.1 Å². The van der Waals surface area contributed by atoms with Crippen molar-refractivity contribution in [2.24, 2.45) is 0 Å². The van der Waals surface area contributed by atoms with Gasteiger partial charge in [-0.05, 0) is 39.7 Å². The van der Waals surface area contributed by atoms with E-state index in [1.54, 1.807) is 0 Å². The third kappa shape index (κ3) is 2.12. The molecule has 0 aliphatic carbocycles. The summed E-state index contributed by atoms with van der Waals surface area (Å²) in [4.78, 5) is 12.3. The maximum absolute atomic E-state index is 14.0. The zero-order valence-corrected chi connectivity index (χ0v) is 11.9. The van der Waals surface area contributed by atoms with Crippen molar-refractivity contribution >= 4 is 27.4 Å². The fourth-order valence-corrected chi connectivity index (χ4v) is 2.71. The maximum Gasteiger partial charge on any atom is 0.191 e. The first-order valence-corrected chi connectivity index (χ1v) is 6.89. The van der Waals surface area contributed by atoms with Crippen LogP contribution in [0.25, 0.3) is 0 Å². The summed E-state index contributed by atoms with van der Waals surface area (Å²) in [7, 11) is 0. The van der Waals surface area contributed by atoms with Crippen molar-refractivity contribution < 1.29 is 13.6 Å². The van der Waals surface area contributed by atoms with Crippen LogP contribution in [-0.4, -0.2) is 11.8 Å². The van der Waals surface area contributed by atoms with E-state index in [1.165, 1.54) is 6.07 Å². The Morgan fingerprint density at radius 3 is 2.70 bits per heavy atom. The van der Waals surface area contributed by atoms with Crippen LogP contribution in [0.4, 0.5) is 14.5 Å². The molecule has 1 aliphatic heterocycles. The van der Waals surface area contributed by atoms with E-state index in [1.807, 2.05) is 24.3 Å². The van der Waals surface area contributed by atoms with E-state index < -0.39 is 29.0 Å². The first-order chi connectivity index (χ1) is 9.58. The van der Waals surface area contributed by atoms with Crippen LogP contribution in [-0.2, 0) is 6.42 Å². The highest BCUT2D eigenvalue weighted by molar-refractivity contribution is 9.10. The zero-order valence-electron chi connectivity index (χ0n) is 10.3. The van der Waals surface area contributed by atoms with E-state index >= 15 is 0 Å². The van der Waals surface area contributed by atoms with Crippen molar-refractivity contribution in [3.05, 3.63) is 63.6 Å². The quantitative estimate of drug-likeness (QED) is 0.664. The van der Waals surface area contributed by atoms with Gasteiger partial charge < -0.3 is 5.32 Å². The normalized spacial score (nSPS) is 16.6. The number of carbonyl (C=O) groups is 1. The van der Waals surface area contributed by atoms with E-state index in [2.05, 4.69) is 21.2 Å². The van der Waals surface area contributed by atoms with Crippen LogP contribution in [0.1, 0.15) is 15.9 Å². The molecule has 0 spiro atoms. The van der Waals surface area contributed by atoms with Crippen molar-refractivity contribution in [1.82, 2.24) is 0 Å². The molecule has 1 heterocycles. The van der Waals surface area contributed by atoms with Gasteiger partial charge in [-0.1, -0.05) is 18.2 Å². The van der Waals surface area contributed by atoms with Crippen molar-refractivity contribution in [3.63, 3.8) is 0 Å². The van der Waals surface area contributed by atoms with Crippen LogP contribution >= 0.6 is 15.9 Å². The average Bonchev–Trinajstić information content (AvgIpc) is 2.87. The van der Waals surface area contributed by atoms with Gasteiger partial charge in [-0.25, -0.2) is 8.78 Å². The molecule has 5 heteroatoms. The molecule has 2 aromatic rings. The number of ketones is 1. The number of anilines is 1. The molecule has 20 heavy (non-hydrogen) atoms. The first kappa shape index (κ1) is 13.2. The van der Waals surface area contributed by atoms with Crippen LogP contribution in [0.3, 0.4) is 0 Å². The van der Waals surface area contributed by atoms with Gasteiger partial charge in [0.2, 0.25) is 0 Å². The molecule has 0 bridgehead atoms. The highest BCUT2D eigenvalue weighted by Crippen LogP contribution is 2.29. The number of Topliss-reactive ketones (excluding diaryl/α,β-unsaturated/α-hetero) is 1. The molecular formula is C15H10BrF2NO. The number of fused-ring (bicyclic) bond motifs is 1. The molecule has 0 saturated carbocycles. The Kier molecular flexibility index (Phi) is 3.30. The molecule has 0 amide bonds. The van der Waals surface area contributed by atoms with Gasteiger partial charge in [-0.2, -0.15) is 0 Å². The van der Waals surface area contributed by atoms with Gasteiger partial charge in [0.15, 0.2) is 11.6 Å². The number of halogens is 3. The number of hydrogen-bond donors (Lipinski definition) is 1. The van der Waals surface area contributed by atoms with Gasteiger partial charge in [0.05, 0.1) is 16.1 Å². The highest BCUT2D eigenvalue weighted by Gasteiger charge is 2.31. The SMILES string of the molecule is O=C(c1c(F)ccc(Br)c1F)C1Cc2ccccc2N1. The summed E-state index contributed by atoms with van der Waals surface area (Å²) < 4.78 is 27.8. The summed E-state index contributed by atoms with van der Waals surface area (Å²) in [5.41, 5.74) is 1.31. The zero-order chi connectivity index (χ0) is 14.3. The second-order valence-electron chi connectivity index (χ2n) is 4.64. The molecular weight excluding hydrogens is 328 g/mol. The number of rotatable bonds is 2. The molecule has 2 aromatic carbocycles. The van der Waals surface area contributed by atoms with Crippen LogP contribution in [0.5, 0.6) is 0 Å². The van der Waals surface area contributed by atoms with E-state index in [-0.39, 0.29) is 4.47 Å². The lowest BCUT2D eigenvalue weighted by atomic mass is 10.0. The summed E-state index contributed by atoms with van der Waals surface area (Å²) in [5.74, 6) is -2.27. The number of nitrogens with one attached hydrogen (secondary N) is 1. The minimum Gasteiger partial charge on any atom is -0.374 e. The van der Waals surface area contributed by atoms with Gasteiger partial charge in [0.1, 0.15) is 5.82 Å². The largest absolute Gasteiger partial charge is 0.374 e. The molecule has 1 atom stereocenters. The predicted octanol–water partition coefficient (Wildman–Crippen LogP) is 3.95. The molecule has 1 aliphatic rings. The fraction of sp³-hybridized carbons (Fsp3) is 0.133. The number of carbonyl (C=O) groups excluding carboxylic acids is 1. The minimum atomic E-state index is -0.854. The predicted molar refractivity (Wildman–Crippen MR) is 75.9 cm³/mol. The third-order valence-corrected chi connectivity index (χ3v) is 3.99. The maximum atomic E-state index is 14.0. The topological polar surface area (TPSA) is 29.1 Å². The first-order valence-electron chi connectivity index (χ1n) is 6.10. The molecule has 3 rings (SSSR count). The Hall–Kier alpha value is -1.75. The van der Waals surface area contributed by atoms with Crippen molar-refractivity contribution in [2.45, 2.75) is 12.5 Å². The summed E-state index contributed by atoms with van der Waals surface area (Å²) in [6, 6.07) is 9.15. The van der Waals surface area contributed by atoms with E-state index in [0.717, 1.165) is 17.3 Å². The average molecular weight is 338 g/mol. The van der Waals surface area contributed by atoms with Gasteiger partial charge in [0.25, 0.3) is 0 Å². The standard InChI is InChI=1S/C15H10BrF2NO/c16-9-5-6-10(17)13(14(9)18)15(20)12-7-8-3-1-2-4-11(8)19-12/h1-6,12,19H,7H2. The number of benzene rings is 2. The Morgan fingerprint density at radius 1 is 1.20 bits per heavy atom. The Morgan fingerprint density at radius 2 is 1.95 bits per heavy atom. The molecule has 1 unspecified atom stereocenters. The fourth-order valence-electron chi connectivity index (χ4n) is 2.38. The molecule has 0 radical (unpaired) electrons. The van der Waals surface area contributed by atoms with Gasteiger partial charge in [-0.15, -0.1) is 0 Å². The van der Waals surface area contributed by atoms with Crippen LogP contribution in [0.2, 0.25) is 0 Å². The molecule has 0 fully saturated rings. The van der Waals surface area contributed by atoms with Crippen molar-refractivity contribution in [1.29, 1.82) is 0 Å². The summed E-state index contributed by atoms with van der Waals surface area (Å²) >= 11 is 2.97. The Bertz CT molecular complexity index is 677. The minimum absolute atomic E-state index is 0.0813. The second kappa shape index (κ2) is 4.98. The van der Waals surface area contributed by atoms with Gasteiger partial charge >= 0.3 is 0 Å². The van der Waals surface area contributed by atoms with E-state index in [4.69, 9.17) is 0 Å². The molecule has 0 aromatic heterocycles. The van der Waals surface area contributed by atoms with Gasteiger partial charge in [-0.3, -0.25) is 4.79 Å². The van der Waals surface area contributed by atoms with Crippen molar-refractivity contribution in [2.75, 3.05) is 5.32 Å². The van der Waals surface area contributed by atoms with E-state index in [0.29, 0.717) is 6.42 Å². The summed E-state index contributed by atoms with van der Waals surface area (Å²) in [5, 5.41) is 3.01. The lowest BCUT2D eigenvalue weighted by Gasteiger charge is -2.12. The number of para-hydroxylation sites is 1. The van der Waals surface area contributed by atoms with Crippen molar-refractivity contribution in [3.8, 4) is 0 Å². The molecule has 102 valence electrons. The Labute approximate surface area is 122 Å². The lowest BCUT2D eigenvalue weighted by molar-refractivity contribution is 0.0963. The highest BCUT2D eigenvalue weighted by atomic mass is 79.9. The lowest BCUT2D eigenvalue weighted by Crippen LogP contribution is -2.28. The molecule has 0 saturated heterocycles. The van der Waals surface area contributed by atoms with Crippen LogP contribution in [0, 0.1) is 11.6 Å². The van der Waals surface area contributed by atoms with Crippen LogP contribution in [0.15, 0.2) is 40.9 Å². The molecule has 1 N–H and O–H groups in total. The van der Waals surface area contributed by atoms with Crippen LogP contribution < -0.4 is 5.32 Å². The Balaban J connectivity index is 1.95. The number of hydrogen-bond acceptors (Lipinski definition) is 2. The summed E-state index contributed by atoms with van der Waals surface area (Å²) in [6.45, 7) is 0. The second-order valence-corrected chi connectivity index (χ2v) is 5.49. The third-order valence-electron chi connectivity index (χ3n) is 3.38. The smallest absolute Gasteiger partial charge is 0.191 e.